The molecule has 0 bridgehead atoms. The predicted octanol–water partition coefficient (Wildman–Crippen LogP) is 3.80. The number of hydrogen-bond acceptors (Lipinski definition) is 3. The van der Waals surface area contributed by atoms with Crippen LogP contribution in [0, 0.1) is 0 Å². The topological polar surface area (TPSA) is 48.6 Å². The summed E-state index contributed by atoms with van der Waals surface area (Å²) in [5.74, 6) is 0.789. The highest BCUT2D eigenvalue weighted by Gasteiger charge is 2.49. The summed E-state index contributed by atoms with van der Waals surface area (Å²) < 4.78 is 5.22. The van der Waals surface area contributed by atoms with Crippen molar-refractivity contribution in [2.75, 3.05) is 12.0 Å². The van der Waals surface area contributed by atoms with Gasteiger partial charge in [0.25, 0.3) is 5.91 Å². The maximum atomic E-state index is 13.3. The van der Waals surface area contributed by atoms with Gasteiger partial charge in [-0.2, -0.15) is 0 Å². The number of methoxy groups -OCH3 is 1. The van der Waals surface area contributed by atoms with Gasteiger partial charge in [0.15, 0.2) is 5.11 Å². The summed E-state index contributed by atoms with van der Waals surface area (Å²) in [5, 5.41) is 1.76. The van der Waals surface area contributed by atoms with E-state index in [2.05, 4.69) is 28.9 Å². The summed E-state index contributed by atoms with van der Waals surface area (Å²) in [6, 6.07) is 15.5. The molecular weight excluding hydrogens is 358 g/mol. The van der Waals surface area contributed by atoms with Gasteiger partial charge < -0.3 is 14.6 Å². The zero-order valence-electron chi connectivity index (χ0n) is 15.1. The second kappa shape index (κ2) is 5.82. The van der Waals surface area contributed by atoms with Gasteiger partial charge in [0.05, 0.1) is 18.8 Å². The van der Waals surface area contributed by atoms with Crippen LogP contribution >= 0.6 is 12.2 Å². The van der Waals surface area contributed by atoms with Gasteiger partial charge in [0.1, 0.15) is 11.8 Å². The molecule has 27 heavy (non-hydrogen) atoms. The lowest BCUT2D eigenvalue weighted by molar-refractivity contribution is -0.120. The Balaban J connectivity index is 1.56. The van der Waals surface area contributed by atoms with Gasteiger partial charge in [0, 0.05) is 23.0 Å². The van der Waals surface area contributed by atoms with E-state index in [1.807, 2.05) is 36.4 Å². The first-order valence-corrected chi connectivity index (χ1v) is 9.40. The van der Waals surface area contributed by atoms with Crippen LogP contribution in [0.1, 0.15) is 24.2 Å². The fourth-order valence-electron chi connectivity index (χ4n) is 4.33. The lowest BCUT2D eigenvalue weighted by atomic mass is 9.93. The smallest absolute Gasteiger partial charge is 0.256 e. The molecule has 0 spiro atoms. The molecule has 2 atom stereocenters. The van der Waals surface area contributed by atoms with E-state index in [9.17, 15) is 4.79 Å². The molecule has 3 heterocycles. The summed E-state index contributed by atoms with van der Waals surface area (Å²) >= 11 is 5.73. The number of rotatable bonds is 2. The number of aromatic nitrogens is 1. The van der Waals surface area contributed by atoms with Crippen molar-refractivity contribution in [3.05, 3.63) is 59.8 Å². The van der Waals surface area contributed by atoms with E-state index >= 15 is 0 Å². The highest BCUT2D eigenvalue weighted by atomic mass is 32.1. The quantitative estimate of drug-likeness (QED) is 0.690. The minimum absolute atomic E-state index is 0.0193. The highest BCUT2D eigenvalue weighted by Crippen LogP contribution is 2.41. The third-order valence-electron chi connectivity index (χ3n) is 5.66. The number of thiocarbonyl (C=S) groups is 1. The lowest BCUT2D eigenvalue weighted by Crippen LogP contribution is -2.42. The molecule has 136 valence electrons. The SMILES string of the molecule is COc1ccc(N2C(=O)[C@H]3Cc4c([nH]c5ccccc45)[C@@H](C)N3C2=S)cc1. The normalized spacial score (nSPS) is 21.6. The van der Waals surface area contributed by atoms with Gasteiger partial charge in [-0.1, -0.05) is 18.2 Å². The average molecular weight is 377 g/mol. The van der Waals surface area contributed by atoms with Crippen molar-refractivity contribution in [2.24, 2.45) is 0 Å². The van der Waals surface area contributed by atoms with Crippen LogP contribution in [0.5, 0.6) is 5.75 Å². The van der Waals surface area contributed by atoms with Crippen molar-refractivity contribution in [3.8, 4) is 5.75 Å². The van der Waals surface area contributed by atoms with Crippen molar-refractivity contribution in [3.63, 3.8) is 0 Å². The number of aromatic amines is 1. The zero-order chi connectivity index (χ0) is 18.7. The third kappa shape index (κ3) is 2.23. The number of carbonyl (C=O) groups is 1. The number of nitrogens with one attached hydrogen (secondary N) is 1. The van der Waals surface area contributed by atoms with E-state index in [0.717, 1.165) is 22.6 Å². The second-order valence-corrected chi connectivity index (χ2v) is 7.39. The lowest BCUT2D eigenvalue weighted by Gasteiger charge is -2.34. The fraction of sp³-hybridized carbons (Fsp3) is 0.238. The van der Waals surface area contributed by atoms with E-state index in [1.54, 1.807) is 12.0 Å². The monoisotopic (exact) mass is 377 g/mol. The van der Waals surface area contributed by atoms with E-state index in [4.69, 9.17) is 17.0 Å². The van der Waals surface area contributed by atoms with Crippen LogP contribution in [0.15, 0.2) is 48.5 Å². The Kier molecular flexibility index (Phi) is 3.52. The minimum atomic E-state index is -0.263. The first-order chi connectivity index (χ1) is 13.1. The van der Waals surface area contributed by atoms with Crippen LogP contribution in [-0.2, 0) is 11.2 Å². The number of hydrogen-bond donors (Lipinski definition) is 1. The van der Waals surface area contributed by atoms with E-state index in [-0.39, 0.29) is 18.0 Å². The number of nitrogens with zero attached hydrogens (tertiary/aromatic N) is 2. The molecule has 1 aromatic heterocycles. The van der Waals surface area contributed by atoms with Gasteiger partial charge in [0.2, 0.25) is 0 Å². The standard InChI is InChI=1S/C21H19N3O2S/c1-12-19-16(15-5-3-4-6-17(15)22-19)11-18-20(25)24(21(27)23(12)18)13-7-9-14(26-2)10-8-13/h3-10,12,18,22H,11H2,1-2H3/t12-,18-/m1/s1. The zero-order valence-corrected chi connectivity index (χ0v) is 15.9. The Labute approximate surface area is 162 Å². The largest absolute Gasteiger partial charge is 0.497 e. The third-order valence-corrected chi connectivity index (χ3v) is 6.06. The maximum Gasteiger partial charge on any atom is 0.256 e. The number of ether oxygens (including phenoxy) is 1. The Morgan fingerprint density at radius 2 is 1.89 bits per heavy atom. The average Bonchev–Trinajstić information content (AvgIpc) is 3.18. The van der Waals surface area contributed by atoms with Crippen LogP contribution in [-0.4, -0.2) is 34.1 Å². The molecule has 5 nitrogen and oxygen atoms in total. The number of anilines is 1. The Hall–Kier alpha value is -2.86. The minimum Gasteiger partial charge on any atom is -0.497 e. The van der Waals surface area contributed by atoms with Gasteiger partial charge in [-0.25, -0.2) is 0 Å². The number of carbonyl (C=O) groups excluding carboxylic acids is 1. The molecule has 3 aromatic rings. The Bertz CT molecular complexity index is 1070. The molecule has 1 amide bonds. The molecule has 2 aliphatic heterocycles. The summed E-state index contributed by atoms with van der Waals surface area (Å²) in [7, 11) is 1.63. The van der Waals surface area contributed by atoms with Crippen molar-refractivity contribution < 1.29 is 9.53 Å². The van der Waals surface area contributed by atoms with E-state index < -0.39 is 0 Å². The van der Waals surface area contributed by atoms with Crippen LogP contribution in [0.2, 0.25) is 0 Å². The Morgan fingerprint density at radius 1 is 1.15 bits per heavy atom. The Morgan fingerprint density at radius 3 is 2.63 bits per heavy atom. The molecule has 5 rings (SSSR count). The number of amides is 1. The molecule has 0 saturated carbocycles. The summed E-state index contributed by atoms with van der Waals surface area (Å²) in [5.41, 5.74) is 4.27. The van der Waals surface area contributed by atoms with Crippen molar-refractivity contribution in [1.82, 2.24) is 9.88 Å². The first-order valence-electron chi connectivity index (χ1n) is 9.00. The second-order valence-electron chi connectivity index (χ2n) is 7.02. The first kappa shape index (κ1) is 16.3. The van der Waals surface area contributed by atoms with E-state index in [1.165, 1.54) is 10.9 Å². The summed E-state index contributed by atoms with van der Waals surface area (Å²) in [6.07, 6.45) is 0.662. The molecule has 1 fully saturated rings. The van der Waals surface area contributed by atoms with Crippen LogP contribution in [0.3, 0.4) is 0 Å². The van der Waals surface area contributed by atoms with Crippen molar-refractivity contribution in [2.45, 2.75) is 25.4 Å². The molecule has 0 radical (unpaired) electrons. The molecule has 0 unspecified atom stereocenters. The molecule has 0 aliphatic carbocycles. The number of H-pyrrole nitrogens is 1. The number of fused-ring (bicyclic) bond motifs is 4. The molecule has 1 saturated heterocycles. The predicted molar refractivity (Wildman–Crippen MR) is 109 cm³/mol. The molecule has 1 N–H and O–H groups in total. The number of para-hydroxylation sites is 1. The van der Waals surface area contributed by atoms with Gasteiger partial charge in [-0.15, -0.1) is 0 Å². The van der Waals surface area contributed by atoms with Crippen LogP contribution < -0.4 is 9.64 Å². The van der Waals surface area contributed by atoms with Crippen molar-refractivity contribution in [1.29, 1.82) is 0 Å². The summed E-state index contributed by atoms with van der Waals surface area (Å²) in [4.78, 5) is 20.5. The van der Waals surface area contributed by atoms with Gasteiger partial charge in [-0.3, -0.25) is 9.69 Å². The van der Waals surface area contributed by atoms with Crippen LogP contribution in [0.25, 0.3) is 10.9 Å². The molecule has 2 aliphatic rings. The maximum absolute atomic E-state index is 13.3. The molecule has 2 aromatic carbocycles. The van der Waals surface area contributed by atoms with Gasteiger partial charge in [-0.05, 0) is 55.0 Å². The van der Waals surface area contributed by atoms with Crippen LogP contribution in [0.4, 0.5) is 5.69 Å². The highest BCUT2D eigenvalue weighted by molar-refractivity contribution is 7.80. The fourth-order valence-corrected chi connectivity index (χ4v) is 4.81. The molecule has 6 heteroatoms. The van der Waals surface area contributed by atoms with E-state index in [0.29, 0.717) is 11.5 Å². The molecular formula is C21H19N3O2S. The van der Waals surface area contributed by atoms with Gasteiger partial charge >= 0.3 is 0 Å². The summed E-state index contributed by atoms with van der Waals surface area (Å²) in [6.45, 7) is 2.11. The van der Waals surface area contributed by atoms with Crippen molar-refractivity contribution >= 4 is 39.8 Å². The number of benzene rings is 2.